The molecule has 1 amide bonds. The average molecular weight is 331 g/mol. The summed E-state index contributed by atoms with van der Waals surface area (Å²) in [5, 5.41) is 3.12. The number of fused-ring (bicyclic) bond motifs is 1. The number of rotatable bonds is 3. The maximum atomic E-state index is 13.4. The number of benzene rings is 1. The van der Waals surface area contributed by atoms with Crippen molar-refractivity contribution >= 4 is 48.5 Å². The standard InChI is InChI=1S/C12H12BrFN2OS/c1-6(2)9(13)11(17)16-12-15-10-7(14)4-3-5-8(10)18-12/h3-6,9H,1-2H3,(H,15,16,17). The fourth-order valence-corrected chi connectivity index (χ4v) is 2.44. The lowest BCUT2D eigenvalue weighted by atomic mass is 10.1. The zero-order valence-corrected chi connectivity index (χ0v) is 12.3. The number of thiazole rings is 1. The third kappa shape index (κ3) is 2.70. The first-order chi connectivity index (χ1) is 8.49. The van der Waals surface area contributed by atoms with Gasteiger partial charge in [-0.15, -0.1) is 0 Å². The summed E-state index contributed by atoms with van der Waals surface area (Å²) >= 11 is 4.58. The molecule has 2 rings (SSSR count). The predicted molar refractivity (Wildman–Crippen MR) is 75.8 cm³/mol. The Bertz CT molecular complexity index is 584. The number of aromatic nitrogens is 1. The molecule has 1 aromatic heterocycles. The first-order valence-electron chi connectivity index (χ1n) is 5.49. The van der Waals surface area contributed by atoms with Gasteiger partial charge in [0.05, 0.1) is 9.53 Å². The second-order valence-corrected chi connectivity index (χ2v) is 6.26. The van der Waals surface area contributed by atoms with Gasteiger partial charge in [0.15, 0.2) is 5.13 Å². The molecular formula is C12H12BrFN2OS. The van der Waals surface area contributed by atoms with Gasteiger partial charge in [0.1, 0.15) is 11.3 Å². The number of amides is 1. The minimum atomic E-state index is -0.372. The molecule has 18 heavy (non-hydrogen) atoms. The Hall–Kier alpha value is -1.01. The number of nitrogens with one attached hydrogen (secondary N) is 1. The molecule has 2 aromatic rings. The molecule has 0 radical (unpaired) electrons. The minimum absolute atomic E-state index is 0.163. The van der Waals surface area contributed by atoms with Gasteiger partial charge >= 0.3 is 0 Å². The van der Waals surface area contributed by atoms with Crippen molar-refractivity contribution in [3.63, 3.8) is 0 Å². The number of nitrogens with zero attached hydrogens (tertiary/aromatic N) is 1. The van der Waals surface area contributed by atoms with E-state index in [0.29, 0.717) is 10.6 Å². The molecule has 96 valence electrons. The molecule has 0 fully saturated rings. The van der Waals surface area contributed by atoms with Crippen molar-refractivity contribution in [3.8, 4) is 0 Å². The van der Waals surface area contributed by atoms with Gasteiger partial charge < -0.3 is 5.32 Å². The molecule has 0 aliphatic heterocycles. The van der Waals surface area contributed by atoms with Crippen molar-refractivity contribution in [1.82, 2.24) is 4.98 Å². The molecule has 0 aliphatic rings. The van der Waals surface area contributed by atoms with E-state index >= 15 is 0 Å². The molecule has 1 aromatic carbocycles. The highest BCUT2D eigenvalue weighted by molar-refractivity contribution is 9.10. The van der Waals surface area contributed by atoms with E-state index in [2.05, 4.69) is 26.2 Å². The predicted octanol–water partition coefficient (Wildman–Crippen LogP) is 3.79. The van der Waals surface area contributed by atoms with Crippen LogP contribution >= 0.6 is 27.3 Å². The van der Waals surface area contributed by atoms with Gasteiger partial charge in [0, 0.05) is 0 Å². The topological polar surface area (TPSA) is 42.0 Å². The fraction of sp³-hybridized carbons (Fsp3) is 0.333. The summed E-state index contributed by atoms with van der Waals surface area (Å²) in [5.74, 6) is -0.357. The van der Waals surface area contributed by atoms with Crippen LogP contribution in [0.25, 0.3) is 10.2 Å². The van der Waals surface area contributed by atoms with Crippen LogP contribution in [0.3, 0.4) is 0 Å². The zero-order valence-electron chi connectivity index (χ0n) is 9.91. The number of anilines is 1. The molecule has 0 spiro atoms. The van der Waals surface area contributed by atoms with Crippen LogP contribution in [-0.2, 0) is 4.79 Å². The second-order valence-electron chi connectivity index (χ2n) is 4.24. The molecule has 1 atom stereocenters. The minimum Gasteiger partial charge on any atom is -0.301 e. The number of para-hydroxylation sites is 1. The summed E-state index contributed by atoms with van der Waals surface area (Å²) in [7, 11) is 0. The molecule has 1 heterocycles. The van der Waals surface area contributed by atoms with Crippen molar-refractivity contribution in [3.05, 3.63) is 24.0 Å². The quantitative estimate of drug-likeness (QED) is 0.870. The smallest absolute Gasteiger partial charge is 0.240 e. The van der Waals surface area contributed by atoms with Crippen LogP contribution in [0.2, 0.25) is 0 Å². The van der Waals surface area contributed by atoms with Gasteiger partial charge in [-0.2, -0.15) is 0 Å². The Balaban J connectivity index is 2.23. The number of halogens is 2. The molecule has 3 nitrogen and oxygen atoms in total. The zero-order chi connectivity index (χ0) is 13.3. The van der Waals surface area contributed by atoms with Gasteiger partial charge in [0.25, 0.3) is 0 Å². The van der Waals surface area contributed by atoms with Crippen molar-refractivity contribution in [2.75, 3.05) is 5.32 Å². The maximum Gasteiger partial charge on any atom is 0.240 e. The summed E-state index contributed by atoms with van der Waals surface area (Å²) in [6.07, 6.45) is 0. The molecule has 6 heteroatoms. The van der Waals surface area contributed by atoms with Crippen LogP contribution in [-0.4, -0.2) is 15.7 Å². The molecular weight excluding hydrogens is 319 g/mol. The van der Waals surface area contributed by atoms with Crippen LogP contribution < -0.4 is 5.32 Å². The number of carbonyl (C=O) groups excluding carboxylic acids is 1. The highest BCUT2D eigenvalue weighted by atomic mass is 79.9. The number of hydrogen-bond acceptors (Lipinski definition) is 3. The highest BCUT2D eigenvalue weighted by Gasteiger charge is 2.20. The normalized spacial score (nSPS) is 12.9. The van der Waals surface area contributed by atoms with Gasteiger partial charge in [-0.05, 0) is 18.1 Å². The van der Waals surface area contributed by atoms with E-state index in [1.807, 2.05) is 13.8 Å². The molecule has 0 bridgehead atoms. The van der Waals surface area contributed by atoms with Gasteiger partial charge in [-0.25, -0.2) is 9.37 Å². The molecule has 0 saturated carbocycles. The highest BCUT2D eigenvalue weighted by Crippen LogP contribution is 2.28. The summed E-state index contributed by atoms with van der Waals surface area (Å²) in [4.78, 5) is 15.6. The Morgan fingerprint density at radius 2 is 2.22 bits per heavy atom. The van der Waals surface area contributed by atoms with Crippen molar-refractivity contribution in [1.29, 1.82) is 0 Å². The van der Waals surface area contributed by atoms with E-state index in [-0.39, 0.29) is 22.5 Å². The van der Waals surface area contributed by atoms with E-state index in [1.165, 1.54) is 17.4 Å². The van der Waals surface area contributed by atoms with E-state index in [9.17, 15) is 9.18 Å². The lowest BCUT2D eigenvalue weighted by Crippen LogP contribution is -2.26. The van der Waals surface area contributed by atoms with E-state index in [1.54, 1.807) is 12.1 Å². The number of hydrogen-bond donors (Lipinski definition) is 1. The van der Waals surface area contributed by atoms with Crippen LogP contribution in [0.5, 0.6) is 0 Å². The average Bonchev–Trinajstić information content (AvgIpc) is 2.71. The number of carbonyl (C=O) groups is 1. The third-order valence-corrected chi connectivity index (χ3v) is 4.84. The van der Waals surface area contributed by atoms with Crippen LogP contribution in [0.1, 0.15) is 13.8 Å². The summed E-state index contributed by atoms with van der Waals surface area (Å²) in [6.45, 7) is 3.88. The molecule has 1 unspecified atom stereocenters. The lowest BCUT2D eigenvalue weighted by Gasteiger charge is -2.11. The monoisotopic (exact) mass is 330 g/mol. The van der Waals surface area contributed by atoms with Crippen molar-refractivity contribution in [2.45, 2.75) is 18.7 Å². The summed E-state index contributed by atoms with van der Waals surface area (Å²) in [5.41, 5.74) is 0.300. The lowest BCUT2D eigenvalue weighted by molar-refractivity contribution is -0.116. The first-order valence-corrected chi connectivity index (χ1v) is 7.22. The third-order valence-electron chi connectivity index (χ3n) is 2.44. The molecule has 0 aliphatic carbocycles. The molecule has 0 saturated heterocycles. The number of alkyl halides is 1. The van der Waals surface area contributed by atoms with Crippen LogP contribution in [0.15, 0.2) is 18.2 Å². The Labute approximate surface area is 117 Å². The van der Waals surface area contributed by atoms with Crippen LogP contribution in [0, 0.1) is 11.7 Å². The Morgan fingerprint density at radius 3 is 2.83 bits per heavy atom. The van der Waals surface area contributed by atoms with Crippen molar-refractivity contribution in [2.24, 2.45) is 5.92 Å². The Kier molecular flexibility index (Phi) is 3.97. The SMILES string of the molecule is CC(C)C(Br)C(=O)Nc1nc2c(F)cccc2s1. The van der Waals surface area contributed by atoms with Crippen LogP contribution in [0.4, 0.5) is 9.52 Å². The van der Waals surface area contributed by atoms with Gasteiger partial charge in [-0.1, -0.05) is 47.2 Å². The van der Waals surface area contributed by atoms with E-state index in [4.69, 9.17) is 0 Å². The van der Waals surface area contributed by atoms with Gasteiger partial charge in [-0.3, -0.25) is 4.79 Å². The summed E-state index contributed by atoms with van der Waals surface area (Å²) in [6, 6.07) is 4.76. The van der Waals surface area contributed by atoms with Gasteiger partial charge in [0.2, 0.25) is 5.91 Å². The summed E-state index contributed by atoms with van der Waals surface area (Å²) < 4.78 is 14.2. The fourth-order valence-electron chi connectivity index (χ4n) is 1.45. The largest absolute Gasteiger partial charge is 0.301 e. The Morgan fingerprint density at radius 1 is 1.50 bits per heavy atom. The van der Waals surface area contributed by atoms with E-state index in [0.717, 1.165) is 4.70 Å². The van der Waals surface area contributed by atoms with Crippen molar-refractivity contribution < 1.29 is 9.18 Å². The first kappa shape index (κ1) is 13.4. The second kappa shape index (κ2) is 5.32. The molecule has 1 N–H and O–H groups in total. The maximum absolute atomic E-state index is 13.4. The van der Waals surface area contributed by atoms with E-state index < -0.39 is 0 Å².